The molecule has 0 N–H and O–H groups in total. The minimum atomic E-state index is -0.811. The molecule has 0 aliphatic carbocycles. The van der Waals surface area contributed by atoms with E-state index in [1.54, 1.807) is 0 Å². The molecule has 6 heteroatoms. The summed E-state index contributed by atoms with van der Waals surface area (Å²) in [5.74, 6) is -0.991. The van der Waals surface area contributed by atoms with E-state index in [0.29, 0.717) is 19.3 Å². The highest BCUT2D eigenvalue weighted by molar-refractivity contribution is 5.71. The van der Waals surface area contributed by atoms with Crippen LogP contribution in [0.3, 0.4) is 0 Å². The predicted octanol–water partition coefficient (Wildman–Crippen LogP) is 18.4. The fourth-order valence-corrected chi connectivity index (χ4v) is 7.58. The SMILES string of the molecule is CC/C=C/C=C/C=C/C=C/C=C/CCCC(=O)OCC(COC(=O)CCCCCCC/C=C/CCCCCCCCCCC)OC(=O)CCCCCCCCC/C=C/CCCCCCCC. The first-order valence-electron chi connectivity index (χ1n) is 27.7. The molecule has 0 aromatic rings. The maximum absolute atomic E-state index is 12.8. The molecule has 0 spiro atoms. The van der Waals surface area contributed by atoms with Crippen molar-refractivity contribution >= 4 is 17.9 Å². The monoisotopic (exact) mass is 919 g/mol. The minimum absolute atomic E-state index is 0.105. The van der Waals surface area contributed by atoms with E-state index in [1.165, 1.54) is 154 Å². The first-order valence-corrected chi connectivity index (χ1v) is 27.7. The average molecular weight is 919 g/mol. The van der Waals surface area contributed by atoms with Crippen LogP contribution in [0.15, 0.2) is 85.1 Å². The Balaban J connectivity index is 4.46. The molecule has 0 amide bonds. The molecule has 0 bridgehead atoms. The summed E-state index contributed by atoms with van der Waals surface area (Å²) in [6, 6.07) is 0. The highest BCUT2D eigenvalue weighted by Gasteiger charge is 2.19. The van der Waals surface area contributed by atoms with Crippen molar-refractivity contribution < 1.29 is 28.6 Å². The molecule has 0 saturated carbocycles. The zero-order valence-corrected chi connectivity index (χ0v) is 43.2. The summed E-state index contributed by atoms with van der Waals surface area (Å²) in [5, 5.41) is 0. The zero-order chi connectivity index (χ0) is 47.9. The molecule has 0 saturated heterocycles. The number of rotatable bonds is 49. The first kappa shape index (κ1) is 62.6. The van der Waals surface area contributed by atoms with Crippen LogP contribution in [0.25, 0.3) is 0 Å². The van der Waals surface area contributed by atoms with Crippen molar-refractivity contribution in [1.82, 2.24) is 0 Å². The number of esters is 3. The molecular formula is C60H102O6. The Morgan fingerprint density at radius 1 is 0.318 bits per heavy atom. The quantitative estimate of drug-likeness (QED) is 0.0199. The molecule has 0 aliphatic heterocycles. The number of hydrogen-bond donors (Lipinski definition) is 0. The molecule has 1 unspecified atom stereocenters. The molecule has 1 atom stereocenters. The number of ether oxygens (including phenoxy) is 3. The fourth-order valence-electron chi connectivity index (χ4n) is 7.58. The third-order valence-electron chi connectivity index (χ3n) is 11.7. The van der Waals surface area contributed by atoms with E-state index in [2.05, 4.69) is 51.2 Å². The zero-order valence-electron chi connectivity index (χ0n) is 43.2. The molecular weight excluding hydrogens is 817 g/mol. The Labute approximate surface area is 407 Å². The summed E-state index contributed by atoms with van der Waals surface area (Å²) < 4.78 is 16.8. The number of carbonyl (C=O) groups excluding carboxylic acids is 3. The Kier molecular flexibility index (Phi) is 51.4. The van der Waals surface area contributed by atoms with Crippen molar-refractivity contribution in [3.8, 4) is 0 Å². The van der Waals surface area contributed by atoms with Crippen molar-refractivity contribution in [3.63, 3.8) is 0 Å². The fraction of sp³-hybridized carbons (Fsp3) is 0.717. The van der Waals surface area contributed by atoms with Gasteiger partial charge in [0.2, 0.25) is 0 Å². The third kappa shape index (κ3) is 51.6. The van der Waals surface area contributed by atoms with Gasteiger partial charge in [0, 0.05) is 19.3 Å². The Hall–Kier alpha value is -3.41. The van der Waals surface area contributed by atoms with E-state index in [9.17, 15) is 14.4 Å². The number of carbonyl (C=O) groups is 3. The number of hydrogen-bond acceptors (Lipinski definition) is 6. The van der Waals surface area contributed by atoms with Gasteiger partial charge in [-0.05, 0) is 83.5 Å². The van der Waals surface area contributed by atoms with Crippen LogP contribution in [0.2, 0.25) is 0 Å². The highest BCUT2D eigenvalue weighted by Crippen LogP contribution is 2.15. The van der Waals surface area contributed by atoms with Gasteiger partial charge in [0.1, 0.15) is 13.2 Å². The van der Waals surface area contributed by atoms with E-state index in [4.69, 9.17) is 14.2 Å². The summed E-state index contributed by atoms with van der Waals surface area (Å²) in [5.41, 5.74) is 0. The summed E-state index contributed by atoms with van der Waals surface area (Å²) >= 11 is 0. The largest absolute Gasteiger partial charge is 0.462 e. The van der Waals surface area contributed by atoms with Gasteiger partial charge >= 0.3 is 17.9 Å². The van der Waals surface area contributed by atoms with Crippen molar-refractivity contribution in [1.29, 1.82) is 0 Å². The minimum Gasteiger partial charge on any atom is -0.462 e. The van der Waals surface area contributed by atoms with Crippen molar-refractivity contribution in [2.75, 3.05) is 13.2 Å². The van der Waals surface area contributed by atoms with Gasteiger partial charge in [-0.2, -0.15) is 0 Å². The van der Waals surface area contributed by atoms with E-state index in [1.807, 2.05) is 54.7 Å². The molecule has 0 aliphatic rings. The molecule has 0 fully saturated rings. The predicted molar refractivity (Wildman–Crippen MR) is 284 cm³/mol. The van der Waals surface area contributed by atoms with Crippen LogP contribution in [0.1, 0.15) is 258 Å². The Bertz CT molecular complexity index is 1290. The molecule has 6 nitrogen and oxygen atoms in total. The highest BCUT2D eigenvalue weighted by atomic mass is 16.6. The molecule has 378 valence electrons. The number of unbranched alkanes of at least 4 members (excludes halogenated alkanes) is 28. The van der Waals surface area contributed by atoms with Crippen LogP contribution in [-0.4, -0.2) is 37.2 Å². The molecule has 0 heterocycles. The van der Waals surface area contributed by atoms with Gasteiger partial charge in [0.05, 0.1) is 0 Å². The summed E-state index contributed by atoms with van der Waals surface area (Å²) in [6.45, 7) is 6.43. The lowest BCUT2D eigenvalue weighted by atomic mass is 10.1. The number of allylic oxidation sites excluding steroid dienone is 14. The Morgan fingerprint density at radius 2 is 0.621 bits per heavy atom. The molecule has 66 heavy (non-hydrogen) atoms. The molecule has 0 aromatic carbocycles. The lowest BCUT2D eigenvalue weighted by Crippen LogP contribution is -2.30. The van der Waals surface area contributed by atoms with Crippen LogP contribution >= 0.6 is 0 Å². The summed E-state index contributed by atoms with van der Waals surface area (Å²) in [4.78, 5) is 38.0. The van der Waals surface area contributed by atoms with Gasteiger partial charge < -0.3 is 14.2 Å². The van der Waals surface area contributed by atoms with Crippen LogP contribution in [0.4, 0.5) is 0 Å². The first-order chi connectivity index (χ1) is 32.5. The third-order valence-corrected chi connectivity index (χ3v) is 11.7. The molecule has 0 radical (unpaired) electrons. The maximum atomic E-state index is 12.8. The van der Waals surface area contributed by atoms with Gasteiger partial charge in [0.15, 0.2) is 6.10 Å². The van der Waals surface area contributed by atoms with Crippen molar-refractivity contribution in [3.05, 3.63) is 85.1 Å². The van der Waals surface area contributed by atoms with Gasteiger partial charge in [-0.1, -0.05) is 241 Å². The second-order valence-electron chi connectivity index (χ2n) is 18.2. The molecule has 0 aromatic heterocycles. The van der Waals surface area contributed by atoms with Crippen molar-refractivity contribution in [2.24, 2.45) is 0 Å². The van der Waals surface area contributed by atoms with E-state index >= 15 is 0 Å². The van der Waals surface area contributed by atoms with E-state index in [0.717, 1.165) is 57.8 Å². The summed E-state index contributed by atoms with van der Waals surface area (Å²) in [7, 11) is 0. The smallest absolute Gasteiger partial charge is 0.306 e. The van der Waals surface area contributed by atoms with Crippen LogP contribution < -0.4 is 0 Å². The maximum Gasteiger partial charge on any atom is 0.306 e. The Morgan fingerprint density at radius 3 is 1.02 bits per heavy atom. The average Bonchev–Trinajstić information content (AvgIpc) is 3.31. The summed E-state index contributed by atoms with van der Waals surface area (Å²) in [6.07, 6.45) is 70.1. The van der Waals surface area contributed by atoms with E-state index < -0.39 is 6.10 Å². The van der Waals surface area contributed by atoms with Crippen molar-refractivity contribution in [2.45, 2.75) is 264 Å². The topological polar surface area (TPSA) is 78.9 Å². The van der Waals surface area contributed by atoms with Gasteiger partial charge in [-0.15, -0.1) is 0 Å². The second-order valence-corrected chi connectivity index (χ2v) is 18.2. The second kappa shape index (κ2) is 54.2. The van der Waals surface area contributed by atoms with E-state index in [-0.39, 0.29) is 37.5 Å². The lowest BCUT2D eigenvalue weighted by Gasteiger charge is -2.18. The van der Waals surface area contributed by atoms with Gasteiger partial charge in [0.25, 0.3) is 0 Å². The van der Waals surface area contributed by atoms with Gasteiger partial charge in [-0.25, -0.2) is 0 Å². The standard InChI is InChI=1S/C60H102O6/c1-4-7-10-13-16-19-22-25-27-29-31-32-35-38-41-44-47-50-53-59(62)65-56-57(55-64-58(61)52-49-46-43-40-37-34-24-21-18-15-12-9-6-3)66-60(63)54-51-48-45-42-39-36-33-30-28-26-23-20-17-14-11-8-5-2/h9,12,15,18,21,24,26,28,31-32,34,37,40,43,57H,4-8,10-11,13-14,16-17,19-20,22-23,25,27,29-30,33,35-36,38-39,41-42,44-56H2,1-3H3/b12-9+,18-15+,24-21+,28-26+,32-31+,37-34+,43-40+. The lowest BCUT2D eigenvalue weighted by molar-refractivity contribution is -0.167. The van der Waals surface area contributed by atoms with Crippen LogP contribution in [0, 0.1) is 0 Å². The normalized spacial score (nSPS) is 12.7. The van der Waals surface area contributed by atoms with Crippen LogP contribution in [0.5, 0.6) is 0 Å². The van der Waals surface area contributed by atoms with Crippen LogP contribution in [-0.2, 0) is 28.6 Å². The van der Waals surface area contributed by atoms with Gasteiger partial charge in [-0.3, -0.25) is 14.4 Å². The molecule has 0 rings (SSSR count).